The molecular formula is C10H15BrN2. The summed E-state index contributed by atoms with van der Waals surface area (Å²) in [6.07, 6.45) is 0. The van der Waals surface area contributed by atoms with Gasteiger partial charge in [-0.15, -0.1) is 0 Å². The van der Waals surface area contributed by atoms with Gasteiger partial charge in [-0.05, 0) is 47.5 Å². The molecule has 1 unspecified atom stereocenters. The third-order valence-corrected chi connectivity index (χ3v) is 2.57. The van der Waals surface area contributed by atoms with E-state index in [9.17, 15) is 0 Å². The Labute approximate surface area is 87.6 Å². The van der Waals surface area contributed by atoms with E-state index in [0.717, 1.165) is 10.2 Å². The first-order chi connectivity index (χ1) is 6.13. The Morgan fingerprint density at radius 1 is 1.54 bits per heavy atom. The number of nitrogens with one attached hydrogen (secondary N) is 1. The van der Waals surface area contributed by atoms with Gasteiger partial charge in [0.15, 0.2) is 0 Å². The van der Waals surface area contributed by atoms with E-state index in [1.165, 1.54) is 5.56 Å². The minimum absolute atomic E-state index is 0.304. The Bertz CT molecular complexity index is 286. The molecule has 0 aliphatic rings. The first kappa shape index (κ1) is 10.5. The Hall–Kier alpha value is -0.540. The first-order valence-corrected chi connectivity index (χ1v) is 5.15. The van der Waals surface area contributed by atoms with Crippen LogP contribution < -0.4 is 11.1 Å². The molecular weight excluding hydrogens is 228 g/mol. The highest BCUT2D eigenvalue weighted by Crippen LogP contribution is 2.23. The Balaban J connectivity index is 2.81. The molecule has 0 fully saturated rings. The standard InChI is InChI=1S/C10H15BrN2/c1-7-3-4-9(11)10(5-7)13-8(2)6-12/h3-5,8,13H,6,12H2,1-2H3. The van der Waals surface area contributed by atoms with E-state index in [4.69, 9.17) is 5.73 Å². The number of anilines is 1. The molecule has 72 valence electrons. The molecule has 0 aromatic heterocycles. The van der Waals surface area contributed by atoms with Gasteiger partial charge in [-0.2, -0.15) is 0 Å². The quantitative estimate of drug-likeness (QED) is 0.856. The van der Waals surface area contributed by atoms with Gasteiger partial charge < -0.3 is 11.1 Å². The average molecular weight is 243 g/mol. The van der Waals surface area contributed by atoms with E-state index in [-0.39, 0.29) is 0 Å². The topological polar surface area (TPSA) is 38.0 Å². The molecule has 2 nitrogen and oxygen atoms in total. The van der Waals surface area contributed by atoms with Gasteiger partial charge in [-0.25, -0.2) is 0 Å². The summed E-state index contributed by atoms with van der Waals surface area (Å²) in [5.41, 5.74) is 7.88. The molecule has 0 radical (unpaired) electrons. The lowest BCUT2D eigenvalue weighted by Gasteiger charge is -2.14. The third kappa shape index (κ3) is 3.01. The zero-order valence-corrected chi connectivity index (χ0v) is 9.56. The molecule has 0 amide bonds. The van der Waals surface area contributed by atoms with Gasteiger partial charge in [-0.3, -0.25) is 0 Å². The maximum Gasteiger partial charge on any atom is 0.0489 e. The van der Waals surface area contributed by atoms with Crippen LogP contribution in [0, 0.1) is 6.92 Å². The maximum absolute atomic E-state index is 5.53. The van der Waals surface area contributed by atoms with Gasteiger partial charge in [-0.1, -0.05) is 6.07 Å². The van der Waals surface area contributed by atoms with Crippen molar-refractivity contribution in [3.63, 3.8) is 0 Å². The first-order valence-electron chi connectivity index (χ1n) is 4.36. The zero-order valence-electron chi connectivity index (χ0n) is 7.97. The number of nitrogens with two attached hydrogens (primary N) is 1. The van der Waals surface area contributed by atoms with E-state index >= 15 is 0 Å². The molecule has 0 aliphatic heterocycles. The normalized spacial score (nSPS) is 12.6. The fraction of sp³-hybridized carbons (Fsp3) is 0.400. The summed E-state index contributed by atoms with van der Waals surface area (Å²) in [5, 5.41) is 3.33. The van der Waals surface area contributed by atoms with E-state index in [1.54, 1.807) is 0 Å². The molecule has 1 aromatic carbocycles. The second-order valence-corrected chi connectivity index (χ2v) is 4.12. The highest BCUT2D eigenvalue weighted by atomic mass is 79.9. The van der Waals surface area contributed by atoms with Crippen LogP contribution in [0.1, 0.15) is 12.5 Å². The lowest BCUT2D eigenvalue weighted by atomic mass is 10.2. The Morgan fingerprint density at radius 2 is 2.23 bits per heavy atom. The number of hydrogen-bond donors (Lipinski definition) is 2. The van der Waals surface area contributed by atoms with Gasteiger partial charge in [0.05, 0.1) is 0 Å². The van der Waals surface area contributed by atoms with Crippen molar-refractivity contribution >= 4 is 21.6 Å². The van der Waals surface area contributed by atoms with E-state index in [2.05, 4.69) is 47.2 Å². The molecule has 0 heterocycles. The van der Waals surface area contributed by atoms with Crippen LogP contribution in [-0.2, 0) is 0 Å². The summed E-state index contributed by atoms with van der Waals surface area (Å²) in [4.78, 5) is 0. The molecule has 3 N–H and O–H groups in total. The van der Waals surface area contributed by atoms with Crippen LogP contribution in [0.3, 0.4) is 0 Å². The van der Waals surface area contributed by atoms with Crippen LogP contribution in [0.5, 0.6) is 0 Å². The number of halogens is 1. The summed E-state index contributed by atoms with van der Waals surface area (Å²) in [5.74, 6) is 0. The lowest BCUT2D eigenvalue weighted by molar-refractivity contribution is 0.803. The summed E-state index contributed by atoms with van der Waals surface area (Å²) in [6.45, 7) is 4.78. The van der Waals surface area contributed by atoms with Gasteiger partial charge in [0, 0.05) is 22.7 Å². The predicted molar refractivity (Wildman–Crippen MR) is 61.0 cm³/mol. The van der Waals surface area contributed by atoms with E-state index < -0.39 is 0 Å². The van der Waals surface area contributed by atoms with Crippen LogP contribution in [0.2, 0.25) is 0 Å². The second kappa shape index (κ2) is 4.63. The number of rotatable bonds is 3. The highest BCUT2D eigenvalue weighted by Gasteiger charge is 2.02. The van der Waals surface area contributed by atoms with Crippen molar-refractivity contribution < 1.29 is 0 Å². The van der Waals surface area contributed by atoms with Crippen molar-refractivity contribution in [3.05, 3.63) is 28.2 Å². The summed E-state index contributed by atoms with van der Waals surface area (Å²) >= 11 is 3.48. The van der Waals surface area contributed by atoms with Crippen LogP contribution in [0.15, 0.2) is 22.7 Å². The highest BCUT2D eigenvalue weighted by molar-refractivity contribution is 9.10. The van der Waals surface area contributed by atoms with Gasteiger partial charge in [0.25, 0.3) is 0 Å². The second-order valence-electron chi connectivity index (χ2n) is 3.26. The van der Waals surface area contributed by atoms with Crippen LogP contribution >= 0.6 is 15.9 Å². The van der Waals surface area contributed by atoms with Crippen molar-refractivity contribution in [2.24, 2.45) is 5.73 Å². The van der Waals surface area contributed by atoms with Crippen molar-refractivity contribution in [1.29, 1.82) is 0 Å². The van der Waals surface area contributed by atoms with Crippen molar-refractivity contribution in [2.75, 3.05) is 11.9 Å². The predicted octanol–water partition coefficient (Wildman–Crippen LogP) is 2.52. The maximum atomic E-state index is 5.53. The van der Waals surface area contributed by atoms with Crippen molar-refractivity contribution in [2.45, 2.75) is 19.9 Å². The third-order valence-electron chi connectivity index (χ3n) is 1.88. The summed E-state index contributed by atoms with van der Waals surface area (Å²) in [6, 6.07) is 6.53. The van der Waals surface area contributed by atoms with Gasteiger partial charge in [0.1, 0.15) is 0 Å². The lowest BCUT2D eigenvalue weighted by Crippen LogP contribution is -2.25. The molecule has 1 atom stereocenters. The summed E-state index contributed by atoms with van der Waals surface area (Å²) in [7, 11) is 0. The Morgan fingerprint density at radius 3 is 2.85 bits per heavy atom. The molecule has 13 heavy (non-hydrogen) atoms. The summed E-state index contributed by atoms with van der Waals surface area (Å²) < 4.78 is 1.08. The smallest absolute Gasteiger partial charge is 0.0489 e. The average Bonchev–Trinajstić information content (AvgIpc) is 2.11. The van der Waals surface area contributed by atoms with Crippen LogP contribution in [0.25, 0.3) is 0 Å². The van der Waals surface area contributed by atoms with Gasteiger partial charge in [0.2, 0.25) is 0 Å². The molecule has 0 saturated carbocycles. The molecule has 0 aliphatic carbocycles. The zero-order chi connectivity index (χ0) is 9.84. The van der Waals surface area contributed by atoms with E-state index in [0.29, 0.717) is 12.6 Å². The SMILES string of the molecule is Cc1ccc(Br)c(NC(C)CN)c1. The monoisotopic (exact) mass is 242 g/mol. The van der Waals surface area contributed by atoms with E-state index in [1.807, 2.05) is 6.07 Å². The molecule has 1 aromatic rings. The van der Waals surface area contributed by atoms with Crippen LogP contribution in [0.4, 0.5) is 5.69 Å². The largest absolute Gasteiger partial charge is 0.380 e. The number of hydrogen-bond acceptors (Lipinski definition) is 2. The molecule has 0 bridgehead atoms. The van der Waals surface area contributed by atoms with Crippen LogP contribution in [-0.4, -0.2) is 12.6 Å². The fourth-order valence-electron chi connectivity index (χ4n) is 1.07. The molecule has 1 rings (SSSR count). The number of benzene rings is 1. The Kier molecular flexibility index (Phi) is 3.75. The van der Waals surface area contributed by atoms with Crippen molar-refractivity contribution in [1.82, 2.24) is 0 Å². The molecule has 0 spiro atoms. The minimum Gasteiger partial charge on any atom is -0.380 e. The number of aryl methyl sites for hydroxylation is 1. The minimum atomic E-state index is 0.304. The van der Waals surface area contributed by atoms with Gasteiger partial charge >= 0.3 is 0 Å². The fourth-order valence-corrected chi connectivity index (χ4v) is 1.44. The van der Waals surface area contributed by atoms with Crippen molar-refractivity contribution in [3.8, 4) is 0 Å². The molecule has 0 saturated heterocycles. The molecule has 3 heteroatoms.